The largest absolute Gasteiger partial charge is 0.456 e. The van der Waals surface area contributed by atoms with Crippen molar-refractivity contribution in [1.29, 1.82) is 10.5 Å². The lowest BCUT2D eigenvalue weighted by Gasteiger charge is -2.15. The molecule has 0 amide bonds. The molecule has 0 bridgehead atoms. The molecule has 44 heavy (non-hydrogen) atoms. The minimum absolute atomic E-state index is 0.531. The second kappa shape index (κ2) is 9.10. The van der Waals surface area contributed by atoms with Crippen LogP contribution in [0.5, 0.6) is 0 Å². The van der Waals surface area contributed by atoms with E-state index in [4.69, 9.17) is 8.83 Å². The minimum atomic E-state index is 0.531. The molecule has 204 valence electrons. The molecule has 0 atom stereocenters. The van der Waals surface area contributed by atoms with Gasteiger partial charge in [0.1, 0.15) is 16.7 Å². The lowest BCUT2D eigenvalue weighted by molar-refractivity contribution is 0.668. The molecule has 0 saturated heterocycles. The Morgan fingerprint density at radius 2 is 1.32 bits per heavy atom. The Kier molecular flexibility index (Phi) is 5.03. The molecule has 6 aromatic carbocycles. The maximum atomic E-state index is 10.3. The maximum absolute atomic E-state index is 10.3. The third-order valence-electron chi connectivity index (χ3n) is 8.74. The molecule has 0 spiro atoms. The van der Waals surface area contributed by atoms with Crippen molar-refractivity contribution in [2.24, 2.45) is 0 Å². The summed E-state index contributed by atoms with van der Waals surface area (Å²) in [6, 6.07) is 43.1. The van der Waals surface area contributed by atoms with Crippen molar-refractivity contribution in [3.8, 4) is 17.8 Å². The first-order valence-corrected chi connectivity index (χ1v) is 14.4. The second-order valence-electron chi connectivity index (χ2n) is 11.1. The number of nitrogens with zero attached hydrogens (tertiary/aromatic N) is 3. The van der Waals surface area contributed by atoms with Crippen molar-refractivity contribution in [2.45, 2.75) is 6.42 Å². The predicted molar refractivity (Wildman–Crippen MR) is 174 cm³/mol. The zero-order valence-corrected chi connectivity index (χ0v) is 23.3. The van der Waals surface area contributed by atoms with Gasteiger partial charge in [-0.05, 0) is 71.8 Å². The molecule has 0 saturated carbocycles. The van der Waals surface area contributed by atoms with Crippen molar-refractivity contribution in [3.05, 3.63) is 138 Å². The average molecular weight is 564 g/mol. The van der Waals surface area contributed by atoms with E-state index in [-0.39, 0.29) is 0 Å². The molecule has 9 aromatic rings. The molecule has 0 aliphatic carbocycles. The Morgan fingerprint density at radius 1 is 0.568 bits per heavy atom. The molecule has 0 aliphatic heterocycles. The SMILES string of the molecule is N#Cc1ccc2oc3ccc(Cc4c(C#N)cccc4-n4c5ccccc5c5ccc6c7ccccc7oc6c54)cc3c2c1. The van der Waals surface area contributed by atoms with E-state index >= 15 is 0 Å². The van der Waals surface area contributed by atoms with E-state index in [1.165, 1.54) is 0 Å². The maximum Gasteiger partial charge on any atom is 0.160 e. The molecule has 0 fully saturated rings. The molecule has 5 nitrogen and oxygen atoms in total. The first kappa shape index (κ1) is 24.3. The smallest absolute Gasteiger partial charge is 0.160 e. The number of fused-ring (bicyclic) bond motifs is 10. The van der Waals surface area contributed by atoms with E-state index in [0.29, 0.717) is 17.5 Å². The van der Waals surface area contributed by atoms with Crippen LogP contribution in [0.3, 0.4) is 0 Å². The molecule has 0 radical (unpaired) electrons. The van der Waals surface area contributed by atoms with Crippen LogP contribution in [0, 0.1) is 22.7 Å². The Labute approximate surface area is 251 Å². The average Bonchev–Trinajstić information content (AvgIpc) is 3.74. The number of hydrogen-bond donors (Lipinski definition) is 0. The summed E-state index contributed by atoms with van der Waals surface area (Å²) in [4.78, 5) is 0. The third kappa shape index (κ3) is 3.38. The van der Waals surface area contributed by atoms with Crippen LogP contribution in [0.2, 0.25) is 0 Å². The van der Waals surface area contributed by atoms with E-state index in [0.717, 1.165) is 82.5 Å². The van der Waals surface area contributed by atoms with Gasteiger partial charge in [-0.1, -0.05) is 54.6 Å². The van der Waals surface area contributed by atoms with Crippen LogP contribution in [0.15, 0.2) is 124 Å². The number of aromatic nitrogens is 1. The van der Waals surface area contributed by atoms with Gasteiger partial charge in [-0.25, -0.2) is 0 Å². The number of hydrogen-bond acceptors (Lipinski definition) is 4. The summed E-state index contributed by atoms with van der Waals surface area (Å²) in [5.41, 5.74) is 9.33. The van der Waals surface area contributed by atoms with Crippen molar-refractivity contribution in [3.63, 3.8) is 0 Å². The number of furan rings is 2. The molecular weight excluding hydrogens is 542 g/mol. The van der Waals surface area contributed by atoms with E-state index < -0.39 is 0 Å². The molecule has 0 unspecified atom stereocenters. The second-order valence-corrected chi connectivity index (χ2v) is 11.1. The summed E-state index contributed by atoms with van der Waals surface area (Å²) in [6.07, 6.45) is 0.531. The van der Waals surface area contributed by atoms with Crippen LogP contribution in [0.25, 0.3) is 71.4 Å². The zero-order valence-electron chi connectivity index (χ0n) is 23.3. The quantitative estimate of drug-likeness (QED) is 0.214. The Morgan fingerprint density at radius 3 is 2.18 bits per heavy atom. The molecule has 3 aromatic heterocycles. The van der Waals surface area contributed by atoms with E-state index in [1.807, 2.05) is 48.5 Å². The van der Waals surface area contributed by atoms with Gasteiger partial charge >= 0.3 is 0 Å². The fraction of sp³-hybridized carbons (Fsp3) is 0.0256. The van der Waals surface area contributed by atoms with Crippen molar-refractivity contribution in [1.82, 2.24) is 4.57 Å². The number of para-hydroxylation sites is 2. The lowest BCUT2D eigenvalue weighted by atomic mass is 9.96. The molecule has 0 aliphatic rings. The predicted octanol–water partition coefficient (Wildman–Crippen LogP) is 9.92. The van der Waals surface area contributed by atoms with Gasteiger partial charge in [0.15, 0.2) is 5.58 Å². The highest BCUT2D eigenvalue weighted by Crippen LogP contribution is 2.41. The summed E-state index contributed by atoms with van der Waals surface area (Å²) < 4.78 is 14.9. The van der Waals surface area contributed by atoms with E-state index in [1.54, 1.807) is 6.07 Å². The standard InChI is InChI=1S/C39H21N3O2/c40-21-24-13-17-37-32(20-24)31-19-23(12-16-36(31)43-37)18-30-25(22-41)6-5-10-34(30)42-33-9-3-1-7-26(33)28-14-15-29-27-8-2-4-11-35(27)44-39(29)38(28)42/h1-17,19-20H,18H2. The molecule has 0 N–H and O–H groups in total. The zero-order chi connectivity index (χ0) is 29.4. The van der Waals surface area contributed by atoms with Crippen LogP contribution in [-0.2, 0) is 6.42 Å². The van der Waals surface area contributed by atoms with Crippen LogP contribution >= 0.6 is 0 Å². The van der Waals surface area contributed by atoms with Gasteiger partial charge in [-0.3, -0.25) is 0 Å². The highest BCUT2D eigenvalue weighted by Gasteiger charge is 2.21. The molecule has 3 heterocycles. The van der Waals surface area contributed by atoms with Gasteiger partial charge in [0.2, 0.25) is 0 Å². The van der Waals surface area contributed by atoms with E-state index in [2.05, 4.69) is 77.4 Å². The van der Waals surface area contributed by atoms with Gasteiger partial charge in [-0.15, -0.1) is 0 Å². The van der Waals surface area contributed by atoms with Crippen molar-refractivity contribution >= 4 is 65.7 Å². The van der Waals surface area contributed by atoms with Crippen LogP contribution in [0.1, 0.15) is 22.3 Å². The monoisotopic (exact) mass is 563 g/mol. The number of benzene rings is 6. The van der Waals surface area contributed by atoms with Crippen LogP contribution in [-0.4, -0.2) is 4.57 Å². The van der Waals surface area contributed by atoms with E-state index in [9.17, 15) is 10.5 Å². The minimum Gasteiger partial charge on any atom is -0.456 e. The van der Waals surface area contributed by atoms with Crippen molar-refractivity contribution < 1.29 is 8.83 Å². The van der Waals surface area contributed by atoms with Gasteiger partial charge in [0.05, 0.1) is 40.0 Å². The molecule has 5 heteroatoms. The fourth-order valence-electron chi connectivity index (χ4n) is 6.76. The lowest BCUT2D eigenvalue weighted by Crippen LogP contribution is -2.03. The summed E-state index contributed by atoms with van der Waals surface area (Å²) in [5.74, 6) is 0. The van der Waals surface area contributed by atoms with Crippen molar-refractivity contribution in [2.75, 3.05) is 0 Å². The Bertz CT molecular complexity index is 2730. The first-order chi connectivity index (χ1) is 21.7. The first-order valence-electron chi connectivity index (χ1n) is 14.4. The van der Waals surface area contributed by atoms with Gasteiger partial charge in [0.25, 0.3) is 0 Å². The summed E-state index contributed by atoms with van der Waals surface area (Å²) in [7, 11) is 0. The molecular formula is C39H21N3O2. The number of nitriles is 2. The normalized spacial score (nSPS) is 11.7. The molecule has 9 rings (SSSR count). The Hall–Kier alpha value is -6.30. The Balaban J connectivity index is 1.32. The van der Waals surface area contributed by atoms with Gasteiger partial charge in [-0.2, -0.15) is 10.5 Å². The number of rotatable bonds is 3. The van der Waals surface area contributed by atoms with Gasteiger partial charge in [0, 0.05) is 38.7 Å². The highest BCUT2D eigenvalue weighted by atomic mass is 16.3. The summed E-state index contributed by atoms with van der Waals surface area (Å²) in [5, 5.41) is 26.0. The van der Waals surface area contributed by atoms with Crippen LogP contribution < -0.4 is 0 Å². The summed E-state index contributed by atoms with van der Waals surface area (Å²) in [6.45, 7) is 0. The summed E-state index contributed by atoms with van der Waals surface area (Å²) >= 11 is 0. The highest BCUT2D eigenvalue weighted by molar-refractivity contribution is 6.21. The fourth-order valence-corrected chi connectivity index (χ4v) is 6.76. The third-order valence-corrected chi connectivity index (χ3v) is 8.74. The van der Waals surface area contributed by atoms with Gasteiger partial charge < -0.3 is 13.4 Å². The van der Waals surface area contributed by atoms with Crippen LogP contribution in [0.4, 0.5) is 0 Å². The topological polar surface area (TPSA) is 78.8 Å².